The summed E-state index contributed by atoms with van der Waals surface area (Å²) in [5, 5.41) is 12.3. The summed E-state index contributed by atoms with van der Waals surface area (Å²) < 4.78 is 4.61. The molecule has 1 fully saturated rings. The van der Waals surface area contributed by atoms with Gasteiger partial charge in [-0.15, -0.1) is 0 Å². The maximum Gasteiger partial charge on any atom is 0.407 e. The zero-order chi connectivity index (χ0) is 13.8. The third-order valence-corrected chi connectivity index (χ3v) is 3.63. The highest BCUT2D eigenvalue weighted by molar-refractivity contribution is 5.67. The van der Waals surface area contributed by atoms with E-state index < -0.39 is 0 Å². The molecule has 5 nitrogen and oxygen atoms in total. The number of ether oxygens (including phenoxy) is 1. The number of rotatable bonds is 3. The van der Waals surface area contributed by atoms with Crippen molar-refractivity contribution < 1.29 is 14.6 Å². The summed E-state index contributed by atoms with van der Waals surface area (Å²) in [6, 6.07) is 7.66. The average molecular weight is 264 g/mol. The summed E-state index contributed by atoms with van der Waals surface area (Å²) in [7, 11) is 1.37. The Morgan fingerprint density at radius 1 is 1.58 bits per heavy atom. The second kappa shape index (κ2) is 5.93. The van der Waals surface area contributed by atoms with Crippen molar-refractivity contribution in [2.45, 2.75) is 25.4 Å². The van der Waals surface area contributed by atoms with Gasteiger partial charge < -0.3 is 15.2 Å². The predicted molar refractivity (Wildman–Crippen MR) is 72.0 cm³/mol. The Hall–Kier alpha value is -1.75. The Bertz CT molecular complexity index is 450. The molecule has 1 aliphatic rings. The number of nitrogens with zero attached hydrogens (tertiary/aromatic N) is 1. The van der Waals surface area contributed by atoms with E-state index in [1.54, 1.807) is 12.1 Å². The second-order valence-corrected chi connectivity index (χ2v) is 4.89. The first kappa shape index (κ1) is 13.7. The van der Waals surface area contributed by atoms with Crippen molar-refractivity contribution in [2.75, 3.05) is 20.2 Å². The molecule has 1 amide bonds. The molecule has 1 aromatic carbocycles. The first-order valence-corrected chi connectivity index (χ1v) is 6.47. The molecule has 2 rings (SSSR count). The fourth-order valence-electron chi connectivity index (χ4n) is 2.48. The van der Waals surface area contributed by atoms with E-state index in [9.17, 15) is 9.90 Å². The van der Waals surface area contributed by atoms with Crippen molar-refractivity contribution in [1.29, 1.82) is 0 Å². The number of nitrogens with one attached hydrogen (secondary N) is 1. The molecule has 2 atom stereocenters. The number of carbonyl (C=O) groups is 1. The minimum Gasteiger partial charge on any atom is -0.508 e. The van der Waals surface area contributed by atoms with E-state index in [1.807, 2.05) is 12.1 Å². The van der Waals surface area contributed by atoms with Gasteiger partial charge in [0, 0.05) is 25.2 Å². The number of phenols is 1. The van der Waals surface area contributed by atoms with E-state index in [1.165, 1.54) is 7.11 Å². The van der Waals surface area contributed by atoms with E-state index >= 15 is 0 Å². The lowest BCUT2D eigenvalue weighted by Gasteiger charge is -2.24. The highest BCUT2D eigenvalue weighted by Gasteiger charge is 2.27. The van der Waals surface area contributed by atoms with E-state index in [-0.39, 0.29) is 23.9 Å². The minimum absolute atomic E-state index is 0.132. The van der Waals surface area contributed by atoms with Crippen molar-refractivity contribution >= 4 is 6.09 Å². The molecule has 0 aromatic heterocycles. The minimum atomic E-state index is -0.378. The number of hydrogen-bond donors (Lipinski definition) is 2. The molecule has 0 spiro atoms. The topological polar surface area (TPSA) is 61.8 Å². The number of phenolic OH excluding ortho intramolecular Hbond substituents is 1. The number of likely N-dealkylation sites (tertiary alicyclic amines) is 1. The van der Waals surface area contributed by atoms with Crippen LogP contribution >= 0.6 is 0 Å². The number of carbonyl (C=O) groups excluding carboxylic acids is 1. The lowest BCUT2D eigenvalue weighted by Crippen LogP contribution is -2.37. The molecule has 0 saturated carbocycles. The summed E-state index contributed by atoms with van der Waals surface area (Å²) in [5.74, 6) is 0.285. The van der Waals surface area contributed by atoms with Gasteiger partial charge in [-0.05, 0) is 31.0 Å². The zero-order valence-electron chi connectivity index (χ0n) is 11.3. The largest absolute Gasteiger partial charge is 0.508 e. The molecule has 1 aromatic rings. The highest BCUT2D eigenvalue weighted by atomic mass is 16.5. The predicted octanol–water partition coefficient (Wildman–Crippen LogP) is 1.88. The molecular weight excluding hydrogens is 244 g/mol. The van der Waals surface area contributed by atoms with Crippen LogP contribution in [-0.4, -0.2) is 42.3 Å². The quantitative estimate of drug-likeness (QED) is 0.875. The maximum atomic E-state index is 11.2. The highest BCUT2D eigenvalue weighted by Crippen LogP contribution is 2.26. The van der Waals surface area contributed by atoms with Gasteiger partial charge in [0.25, 0.3) is 0 Å². The zero-order valence-corrected chi connectivity index (χ0v) is 11.3. The van der Waals surface area contributed by atoms with Gasteiger partial charge in [-0.3, -0.25) is 4.90 Å². The lowest BCUT2D eigenvalue weighted by atomic mass is 10.1. The average Bonchev–Trinajstić information content (AvgIpc) is 2.86. The van der Waals surface area contributed by atoms with E-state index in [4.69, 9.17) is 0 Å². The normalized spacial score (nSPS) is 21.1. The number of alkyl carbamates (subject to hydrolysis) is 1. The number of amides is 1. The van der Waals surface area contributed by atoms with Gasteiger partial charge >= 0.3 is 6.09 Å². The molecular formula is C14H20N2O3. The van der Waals surface area contributed by atoms with Gasteiger partial charge in [0.05, 0.1) is 7.11 Å². The molecule has 1 saturated heterocycles. The summed E-state index contributed by atoms with van der Waals surface area (Å²) in [6.07, 6.45) is 0.537. The first-order chi connectivity index (χ1) is 9.10. The van der Waals surface area contributed by atoms with Crippen LogP contribution in [0, 0.1) is 0 Å². The van der Waals surface area contributed by atoms with Gasteiger partial charge in [0.15, 0.2) is 0 Å². The summed E-state index contributed by atoms with van der Waals surface area (Å²) >= 11 is 0. The van der Waals surface area contributed by atoms with Gasteiger partial charge in [0.1, 0.15) is 5.75 Å². The molecule has 2 N–H and O–H groups in total. The Balaban J connectivity index is 1.95. The van der Waals surface area contributed by atoms with Gasteiger partial charge in [0.2, 0.25) is 0 Å². The van der Waals surface area contributed by atoms with Gasteiger partial charge in [-0.1, -0.05) is 12.1 Å². The van der Waals surface area contributed by atoms with E-state index in [0.29, 0.717) is 0 Å². The van der Waals surface area contributed by atoms with Gasteiger partial charge in [-0.25, -0.2) is 4.79 Å². The van der Waals surface area contributed by atoms with Crippen LogP contribution in [0.1, 0.15) is 24.9 Å². The van der Waals surface area contributed by atoms with Crippen LogP contribution in [-0.2, 0) is 4.74 Å². The van der Waals surface area contributed by atoms with Crippen molar-refractivity contribution in [3.8, 4) is 5.75 Å². The third-order valence-electron chi connectivity index (χ3n) is 3.63. The standard InChI is InChI=1S/C14H20N2O3/c1-10(11-4-3-5-13(17)8-11)16-7-6-12(9-16)15-14(18)19-2/h3-5,8,10,12,17H,6-7,9H2,1-2H3,(H,15,18). The van der Waals surface area contributed by atoms with Crippen LogP contribution in [0.5, 0.6) is 5.75 Å². The molecule has 19 heavy (non-hydrogen) atoms. The number of methoxy groups -OCH3 is 1. The first-order valence-electron chi connectivity index (χ1n) is 6.47. The monoisotopic (exact) mass is 264 g/mol. The van der Waals surface area contributed by atoms with Crippen molar-refractivity contribution in [3.05, 3.63) is 29.8 Å². The van der Waals surface area contributed by atoms with Crippen molar-refractivity contribution in [3.63, 3.8) is 0 Å². The van der Waals surface area contributed by atoms with Crippen LogP contribution < -0.4 is 5.32 Å². The summed E-state index contributed by atoms with van der Waals surface area (Å²) in [4.78, 5) is 13.5. The molecule has 1 heterocycles. The Morgan fingerprint density at radius 3 is 3.05 bits per heavy atom. The fraction of sp³-hybridized carbons (Fsp3) is 0.500. The van der Waals surface area contributed by atoms with Crippen molar-refractivity contribution in [1.82, 2.24) is 10.2 Å². The summed E-state index contributed by atoms with van der Waals surface area (Å²) in [6.45, 7) is 3.83. The van der Waals surface area contributed by atoms with Crippen LogP contribution in [0.2, 0.25) is 0 Å². The fourth-order valence-corrected chi connectivity index (χ4v) is 2.48. The molecule has 2 unspecified atom stereocenters. The molecule has 1 aliphatic heterocycles. The molecule has 0 bridgehead atoms. The SMILES string of the molecule is COC(=O)NC1CCN(C(C)c2cccc(O)c2)C1. The Labute approximate surface area is 113 Å². The molecule has 5 heteroatoms. The number of aromatic hydroxyl groups is 1. The second-order valence-electron chi connectivity index (χ2n) is 4.89. The van der Waals surface area contributed by atoms with Crippen LogP contribution in [0.25, 0.3) is 0 Å². The van der Waals surface area contributed by atoms with E-state index in [0.717, 1.165) is 25.1 Å². The smallest absolute Gasteiger partial charge is 0.407 e. The Kier molecular flexibility index (Phi) is 4.27. The molecule has 104 valence electrons. The summed E-state index contributed by atoms with van der Waals surface area (Å²) in [5.41, 5.74) is 1.08. The third kappa shape index (κ3) is 3.38. The Morgan fingerprint density at radius 2 is 2.37 bits per heavy atom. The molecule has 0 radical (unpaired) electrons. The number of benzene rings is 1. The molecule has 0 aliphatic carbocycles. The van der Waals surface area contributed by atoms with Crippen molar-refractivity contribution in [2.24, 2.45) is 0 Å². The van der Waals surface area contributed by atoms with Crippen LogP contribution in [0.15, 0.2) is 24.3 Å². The number of hydrogen-bond acceptors (Lipinski definition) is 4. The van der Waals surface area contributed by atoms with Gasteiger partial charge in [-0.2, -0.15) is 0 Å². The van der Waals surface area contributed by atoms with E-state index in [2.05, 4.69) is 21.9 Å². The van der Waals surface area contributed by atoms with Crippen LogP contribution in [0.4, 0.5) is 4.79 Å². The van der Waals surface area contributed by atoms with Crippen LogP contribution in [0.3, 0.4) is 0 Å². The lowest BCUT2D eigenvalue weighted by molar-refractivity contribution is 0.165. The maximum absolute atomic E-state index is 11.2.